The first kappa shape index (κ1) is 11.6. The quantitative estimate of drug-likeness (QED) is 0.854. The summed E-state index contributed by atoms with van der Waals surface area (Å²) in [7, 11) is 0. The van der Waals surface area contributed by atoms with Crippen LogP contribution in [0, 0.1) is 0 Å². The molecular formula is C11H12BrNO3. The van der Waals surface area contributed by atoms with E-state index in [2.05, 4.69) is 15.9 Å². The van der Waals surface area contributed by atoms with E-state index in [0.717, 1.165) is 10.0 Å². The van der Waals surface area contributed by atoms with Gasteiger partial charge in [0.2, 0.25) is 5.91 Å². The fraction of sp³-hybridized carbons (Fsp3) is 0.364. The van der Waals surface area contributed by atoms with Gasteiger partial charge in [0.1, 0.15) is 0 Å². The summed E-state index contributed by atoms with van der Waals surface area (Å²) >= 11 is 3.36. The number of anilines is 1. The molecule has 1 aromatic carbocycles. The van der Waals surface area contributed by atoms with Crippen LogP contribution in [-0.4, -0.2) is 28.8 Å². The Labute approximate surface area is 102 Å². The molecule has 0 saturated carbocycles. The monoisotopic (exact) mass is 285 g/mol. The van der Waals surface area contributed by atoms with Crippen LogP contribution in [0.25, 0.3) is 0 Å². The maximum Gasteiger partial charge on any atom is 0.229 e. The van der Waals surface area contributed by atoms with Gasteiger partial charge in [-0.3, -0.25) is 4.79 Å². The summed E-state index contributed by atoms with van der Waals surface area (Å²) in [6, 6.07) is 5.32. The molecule has 1 saturated heterocycles. The van der Waals surface area contributed by atoms with Gasteiger partial charge in [-0.1, -0.05) is 6.07 Å². The van der Waals surface area contributed by atoms with E-state index in [9.17, 15) is 9.90 Å². The van der Waals surface area contributed by atoms with Gasteiger partial charge in [-0.15, -0.1) is 0 Å². The molecule has 1 aliphatic heterocycles. The number of carbonyl (C=O) groups excluding carboxylic acids is 1. The Morgan fingerprint density at radius 1 is 1.50 bits per heavy atom. The second-order valence-electron chi connectivity index (χ2n) is 3.81. The Kier molecular flexibility index (Phi) is 3.28. The third kappa shape index (κ3) is 2.11. The number of benzene rings is 1. The number of carbonyl (C=O) groups is 1. The van der Waals surface area contributed by atoms with Crippen LogP contribution in [-0.2, 0) is 11.4 Å². The average molecular weight is 286 g/mol. The van der Waals surface area contributed by atoms with Crippen molar-refractivity contribution in [2.75, 3.05) is 11.4 Å². The van der Waals surface area contributed by atoms with Crippen LogP contribution in [0.1, 0.15) is 12.0 Å². The van der Waals surface area contributed by atoms with E-state index in [1.54, 1.807) is 18.2 Å². The van der Waals surface area contributed by atoms with Crippen molar-refractivity contribution >= 4 is 27.5 Å². The molecule has 1 heterocycles. The van der Waals surface area contributed by atoms with Gasteiger partial charge in [0.05, 0.1) is 31.4 Å². The first-order valence-corrected chi connectivity index (χ1v) is 5.79. The Bertz CT molecular complexity index is 422. The predicted octanol–water partition coefficient (Wildman–Crippen LogP) is 1.04. The number of β-amino-alcohol motifs (C(OH)–C–C–N with tert-alkyl or cyclic N) is 1. The second-order valence-corrected chi connectivity index (χ2v) is 4.66. The molecule has 2 rings (SSSR count). The highest BCUT2D eigenvalue weighted by molar-refractivity contribution is 9.10. The molecular weight excluding hydrogens is 274 g/mol. The SMILES string of the molecule is O=C1CC(O)CN1c1cc(CO)ccc1Br. The van der Waals surface area contributed by atoms with Crippen LogP contribution in [0.5, 0.6) is 0 Å². The van der Waals surface area contributed by atoms with Crippen molar-refractivity contribution in [2.24, 2.45) is 0 Å². The summed E-state index contributed by atoms with van der Waals surface area (Å²) in [5.41, 5.74) is 1.44. The Balaban J connectivity index is 2.35. The lowest BCUT2D eigenvalue weighted by atomic mass is 10.2. The van der Waals surface area contributed by atoms with E-state index in [-0.39, 0.29) is 18.9 Å². The largest absolute Gasteiger partial charge is 0.392 e. The summed E-state index contributed by atoms with van der Waals surface area (Å²) in [4.78, 5) is 13.2. The van der Waals surface area contributed by atoms with Gasteiger partial charge in [0, 0.05) is 4.47 Å². The molecule has 0 spiro atoms. The summed E-state index contributed by atoms with van der Waals surface area (Å²) in [6.45, 7) is 0.247. The normalized spacial score (nSPS) is 20.6. The Morgan fingerprint density at radius 3 is 2.81 bits per heavy atom. The number of nitrogens with zero attached hydrogens (tertiary/aromatic N) is 1. The molecule has 1 unspecified atom stereocenters. The molecule has 0 bridgehead atoms. The van der Waals surface area contributed by atoms with Gasteiger partial charge < -0.3 is 15.1 Å². The third-order valence-corrected chi connectivity index (χ3v) is 3.26. The third-order valence-electron chi connectivity index (χ3n) is 2.59. The highest BCUT2D eigenvalue weighted by Crippen LogP contribution is 2.30. The average Bonchev–Trinajstić information content (AvgIpc) is 2.58. The zero-order valence-corrected chi connectivity index (χ0v) is 10.1. The van der Waals surface area contributed by atoms with Gasteiger partial charge in [-0.2, -0.15) is 0 Å². The maximum absolute atomic E-state index is 11.6. The molecule has 2 N–H and O–H groups in total. The van der Waals surface area contributed by atoms with Crippen molar-refractivity contribution in [1.29, 1.82) is 0 Å². The smallest absolute Gasteiger partial charge is 0.229 e. The van der Waals surface area contributed by atoms with E-state index in [4.69, 9.17) is 5.11 Å². The summed E-state index contributed by atoms with van der Waals surface area (Å²) < 4.78 is 0.784. The molecule has 5 heteroatoms. The molecule has 1 aliphatic rings. The number of hydrogen-bond acceptors (Lipinski definition) is 3. The summed E-state index contributed by atoms with van der Waals surface area (Å²) in [5.74, 6) is -0.0942. The zero-order chi connectivity index (χ0) is 11.7. The van der Waals surface area contributed by atoms with E-state index in [0.29, 0.717) is 12.2 Å². The number of aliphatic hydroxyl groups excluding tert-OH is 2. The number of amides is 1. The van der Waals surface area contributed by atoms with Crippen LogP contribution in [0.15, 0.2) is 22.7 Å². The van der Waals surface area contributed by atoms with E-state index >= 15 is 0 Å². The number of rotatable bonds is 2. The van der Waals surface area contributed by atoms with E-state index in [1.165, 1.54) is 4.90 Å². The number of hydrogen-bond donors (Lipinski definition) is 2. The Morgan fingerprint density at radius 2 is 2.25 bits per heavy atom. The molecule has 0 aliphatic carbocycles. The highest BCUT2D eigenvalue weighted by atomic mass is 79.9. The topological polar surface area (TPSA) is 60.8 Å². The van der Waals surface area contributed by atoms with Crippen molar-refractivity contribution in [3.63, 3.8) is 0 Å². The van der Waals surface area contributed by atoms with Crippen LogP contribution in [0.3, 0.4) is 0 Å². The predicted molar refractivity (Wildman–Crippen MR) is 63.0 cm³/mol. The molecule has 16 heavy (non-hydrogen) atoms. The van der Waals surface area contributed by atoms with Crippen LogP contribution >= 0.6 is 15.9 Å². The lowest BCUT2D eigenvalue weighted by Gasteiger charge is -2.18. The molecule has 0 radical (unpaired) electrons. The maximum atomic E-state index is 11.6. The second kappa shape index (κ2) is 4.53. The zero-order valence-electron chi connectivity index (χ0n) is 8.56. The van der Waals surface area contributed by atoms with Gasteiger partial charge in [-0.25, -0.2) is 0 Å². The standard InChI is InChI=1S/C11H12BrNO3/c12-9-2-1-7(6-14)3-10(9)13-5-8(15)4-11(13)16/h1-3,8,14-15H,4-6H2. The lowest BCUT2D eigenvalue weighted by molar-refractivity contribution is -0.117. The minimum Gasteiger partial charge on any atom is -0.392 e. The van der Waals surface area contributed by atoms with Crippen LogP contribution in [0.2, 0.25) is 0 Å². The van der Waals surface area contributed by atoms with Gasteiger partial charge in [0.25, 0.3) is 0 Å². The minimum absolute atomic E-state index is 0.0646. The van der Waals surface area contributed by atoms with Crippen molar-refractivity contribution in [3.05, 3.63) is 28.2 Å². The Hall–Kier alpha value is -0.910. The van der Waals surface area contributed by atoms with Crippen molar-refractivity contribution in [2.45, 2.75) is 19.1 Å². The minimum atomic E-state index is -0.600. The van der Waals surface area contributed by atoms with Gasteiger partial charge >= 0.3 is 0 Å². The lowest BCUT2D eigenvalue weighted by Crippen LogP contribution is -2.25. The van der Waals surface area contributed by atoms with Crippen LogP contribution in [0.4, 0.5) is 5.69 Å². The van der Waals surface area contributed by atoms with Crippen molar-refractivity contribution in [3.8, 4) is 0 Å². The van der Waals surface area contributed by atoms with E-state index in [1.807, 2.05) is 0 Å². The molecule has 0 aromatic heterocycles. The fourth-order valence-electron chi connectivity index (χ4n) is 1.79. The summed E-state index contributed by atoms with van der Waals surface area (Å²) in [6.07, 6.45) is -0.437. The molecule has 1 fully saturated rings. The summed E-state index contributed by atoms with van der Waals surface area (Å²) in [5, 5.41) is 18.5. The van der Waals surface area contributed by atoms with Gasteiger partial charge in [-0.05, 0) is 33.6 Å². The number of aliphatic hydroxyl groups is 2. The van der Waals surface area contributed by atoms with Gasteiger partial charge in [0.15, 0.2) is 0 Å². The van der Waals surface area contributed by atoms with Crippen molar-refractivity contribution in [1.82, 2.24) is 0 Å². The van der Waals surface area contributed by atoms with Crippen molar-refractivity contribution < 1.29 is 15.0 Å². The highest BCUT2D eigenvalue weighted by Gasteiger charge is 2.30. The number of halogens is 1. The fourth-order valence-corrected chi connectivity index (χ4v) is 2.25. The first-order valence-electron chi connectivity index (χ1n) is 4.99. The molecule has 1 atom stereocenters. The first-order chi connectivity index (χ1) is 7.61. The molecule has 86 valence electrons. The molecule has 1 aromatic rings. The molecule has 1 amide bonds. The molecule has 4 nitrogen and oxygen atoms in total. The van der Waals surface area contributed by atoms with Crippen LogP contribution < -0.4 is 4.90 Å². The van der Waals surface area contributed by atoms with E-state index < -0.39 is 6.10 Å².